The minimum absolute atomic E-state index is 0.0344. The molecule has 24 heavy (non-hydrogen) atoms. The van der Waals surface area contributed by atoms with Gasteiger partial charge >= 0.3 is 0 Å². The number of aryl methyl sites for hydroxylation is 1. The molecule has 1 aliphatic carbocycles. The quantitative estimate of drug-likeness (QED) is 0.897. The number of thiophene rings is 1. The molecule has 1 N–H and O–H groups in total. The molecule has 1 amide bonds. The predicted octanol–water partition coefficient (Wildman–Crippen LogP) is 3.96. The first-order valence-electron chi connectivity index (χ1n) is 8.29. The topological polar surface area (TPSA) is 56.1 Å². The van der Waals surface area contributed by atoms with E-state index in [4.69, 9.17) is 0 Å². The average molecular weight is 339 g/mol. The molecule has 2 aromatic rings. The van der Waals surface area contributed by atoms with Crippen LogP contribution >= 0.6 is 11.3 Å². The molecule has 1 aliphatic rings. The molecule has 1 heterocycles. The number of para-hydroxylation sites is 1. The second-order valence-corrected chi connectivity index (χ2v) is 7.19. The molecule has 1 aromatic carbocycles. The molecule has 0 unspecified atom stereocenters. The molecular weight excluding hydrogens is 318 g/mol. The van der Waals surface area contributed by atoms with Crippen LogP contribution in [-0.2, 0) is 17.6 Å². The summed E-state index contributed by atoms with van der Waals surface area (Å²) in [6.07, 6.45) is 4.70. The Labute approximate surface area is 146 Å². The van der Waals surface area contributed by atoms with Crippen LogP contribution in [0.1, 0.15) is 35.3 Å². The van der Waals surface area contributed by atoms with Gasteiger partial charge in [0.2, 0.25) is 5.91 Å². The minimum Gasteiger partial charge on any atom is -0.374 e. The molecule has 0 fully saturated rings. The molecule has 0 spiro atoms. The van der Waals surface area contributed by atoms with Gasteiger partial charge in [-0.2, -0.15) is 5.26 Å². The normalized spacial score (nSPS) is 13.0. The van der Waals surface area contributed by atoms with Gasteiger partial charge in [0.05, 0.1) is 5.56 Å². The van der Waals surface area contributed by atoms with E-state index < -0.39 is 0 Å². The summed E-state index contributed by atoms with van der Waals surface area (Å²) in [4.78, 5) is 15.6. The number of carbonyl (C=O) groups is 1. The summed E-state index contributed by atoms with van der Waals surface area (Å²) < 4.78 is 0. The number of anilines is 2. The van der Waals surface area contributed by atoms with Gasteiger partial charge in [0.1, 0.15) is 11.1 Å². The largest absolute Gasteiger partial charge is 0.374 e. The molecule has 0 saturated carbocycles. The van der Waals surface area contributed by atoms with Crippen molar-refractivity contribution in [3.8, 4) is 6.07 Å². The smallest absolute Gasteiger partial charge is 0.226 e. The lowest BCUT2D eigenvalue weighted by Crippen LogP contribution is -2.23. The summed E-state index contributed by atoms with van der Waals surface area (Å²) in [6, 6.07) is 12.3. The van der Waals surface area contributed by atoms with E-state index in [9.17, 15) is 10.1 Å². The molecule has 0 saturated heterocycles. The number of nitrogens with one attached hydrogen (secondary N) is 1. The molecule has 0 radical (unpaired) electrons. The van der Waals surface area contributed by atoms with Gasteiger partial charge in [-0.1, -0.05) is 18.2 Å². The van der Waals surface area contributed by atoms with E-state index in [0.717, 1.165) is 35.5 Å². The highest BCUT2D eigenvalue weighted by atomic mass is 32.1. The fourth-order valence-electron chi connectivity index (χ4n) is 3.04. The third kappa shape index (κ3) is 3.60. The number of fused-ring (bicyclic) bond motifs is 1. The van der Waals surface area contributed by atoms with Crippen LogP contribution in [0.3, 0.4) is 0 Å². The molecular formula is C19H21N3OS. The number of amides is 1. The second-order valence-electron chi connectivity index (χ2n) is 6.08. The molecule has 0 bridgehead atoms. The average Bonchev–Trinajstić information content (AvgIpc) is 2.97. The van der Waals surface area contributed by atoms with Crippen molar-refractivity contribution in [2.75, 3.05) is 23.8 Å². The van der Waals surface area contributed by atoms with E-state index in [2.05, 4.69) is 16.3 Å². The SMILES string of the molecule is CN(CCC(=O)Nc1sc2c(c1C#N)CCCC2)c1ccccc1. The Morgan fingerprint density at radius 2 is 2.04 bits per heavy atom. The van der Waals surface area contributed by atoms with E-state index >= 15 is 0 Å². The Bertz CT molecular complexity index is 761. The highest BCUT2D eigenvalue weighted by Crippen LogP contribution is 2.37. The molecule has 4 nitrogen and oxygen atoms in total. The molecule has 124 valence electrons. The standard InChI is InChI=1S/C19H21N3OS/c1-22(14-7-3-2-4-8-14)12-11-18(23)21-19-16(13-20)15-9-5-6-10-17(15)24-19/h2-4,7-8H,5-6,9-12H2,1H3,(H,21,23). The second kappa shape index (κ2) is 7.50. The zero-order valence-corrected chi connectivity index (χ0v) is 14.7. The number of nitrogens with zero attached hydrogens (tertiary/aromatic N) is 2. The first-order chi connectivity index (χ1) is 11.7. The van der Waals surface area contributed by atoms with Crippen LogP contribution in [0.2, 0.25) is 0 Å². The summed E-state index contributed by atoms with van der Waals surface area (Å²) in [5.74, 6) is -0.0344. The van der Waals surface area contributed by atoms with Gasteiger partial charge in [0.15, 0.2) is 0 Å². The van der Waals surface area contributed by atoms with E-state index in [1.807, 2.05) is 37.4 Å². The monoisotopic (exact) mass is 339 g/mol. The third-order valence-corrected chi connectivity index (χ3v) is 5.61. The van der Waals surface area contributed by atoms with Crippen molar-refractivity contribution in [3.63, 3.8) is 0 Å². The first-order valence-corrected chi connectivity index (χ1v) is 9.11. The number of hydrogen-bond donors (Lipinski definition) is 1. The Morgan fingerprint density at radius 3 is 2.79 bits per heavy atom. The third-order valence-electron chi connectivity index (χ3n) is 4.41. The lowest BCUT2D eigenvalue weighted by molar-refractivity contribution is -0.116. The number of hydrogen-bond acceptors (Lipinski definition) is 4. The Kier molecular flexibility index (Phi) is 5.17. The van der Waals surface area contributed by atoms with Crippen molar-refractivity contribution in [1.82, 2.24) is 0 Å². The van der Waals surface area contributed by atoms with Crippen molar-refractivity contribution in [2.24, 2.45) is 0 Å². The Balaban J connectivity index is 1.61. The van der Waals surface area contributed by atoms with E-state index in [1.54, 1.807) is 11.3 Å². The minimum atomic E-state index is -0.0344. The number of benzene rings is 1. The maximum Gasteiger partial charge on any atom is 0.226 e. The van der Waals surface area contributed by atoms with Gasteiger partial charge < -0.3 is 10.2 Å². The highest BCUT2D eigenvalue weighted by Gasteiger charge is 2.21. The van der Waals surface area contributed by atoms with Gasteiger partial charge in [-0.15, -0.1) is 11.3 Å². The van der Waals surface area contributed by atoms with Crippen LogP contribution in [0.15, 0.2) is 30.3 Å². The number of rotatable bonds is 5. The van der Waals surface area contributed by atoms with Crippen LogP contribution < -0.4 is 10.2 Å². The van der Waals surface area contributed by atoms with E-state index in [-0.39, 0.29) is 5.91 Å². The highest BCUT2D eigenvalue weighted by molar-refractivity contribution is 7.16. The zero-order chi connectivity index (χ0) is 16.9. The van der Waals surface area contributed by atoms with Crippen molar-refractivity contribution in [1.29, 1.82) is 5.26 Å². The Hall–Kier alpha value is -2.32. The fourth-order valence-corrected chi connectivity index (χ4v) is 4.30. The summed E-state index contributed by atoms with van der Waals surface area (Å²) in [6.45, 7) is 0.642. The number of nitriles is 1. The maximum atomic E-state index is 12.3. The zero-order valence-electron chi connectivity index (χ0n) is 13.8. The van der Waals surface area contributed by atoms with Crippen LogP contribution in [0.4, 0.5) is 10.7 Å². The first kappa shape index (κ1) is 16.5. The lowest BCUT2D eigenvalue weighted by atomic mass is 9.96. The lowest BCUT2D eigenvalue weighted by Gasteiger charge is -2.18. The molecule has 0 aliphatic heterocycles. The van der Waals surface area contributed by atoms with Crippen LogP contribution in [0.5, 0.6) is 0 Å². The molecule has 1 aromatic heterocycles. The summed E-state index contributed by atoms with van der Waals surface area (Å²) in [7, 11) is 1.98. The van der Waals surface area contributed by atoms with Gasteiger partial charge in [-0.05, 0) is 43.4 Å². The van der Waals surface area contributed by atoms with Crippen LogP contribution in [0.25, 0.3) is 0 Å². The summed E-state index contributed by atoms with van der Waals surface area (Å²) >= 11 is 1.58. The fraction of sp³-hybridized carbons (Fsp3) is 0.368. The van der Waals surface area contributed by atoms with Crippen molar-refractivity contribution in [2.45, 2.75) is 32.1 Å². The summed E-state index contributed by atoms with van der Waals surface area (Å²) in [5.41, 5.74) is 2.93. The van der Waals surface area contributed by atoms with Gasteiger partial charge in [0, 0.05) is 30.6 Å². The van der Waals surface area contributed by atoms with E-state index in [0.29, 0.717) is 18.5 Å². The summed E-state index contributed by atoms with van der Waals surface area (Å²) in [5, 5.41) is 13.1. The maximum absolute atomic E-state index is 12.3. The van der Waals surface area contributed by atoms with Crippen molar-refractivity contribution in [3.05, 3.63) is 46.3 Å². The number of carbonyl (C=O) groups excluding carboxylic acids is 1. The Morgan fingerprint density at radius 1 is 1.29 bits per heavy atom. The van der Waals surface area contributed by atoms with Gasteiger partial charge in [-0.3, -0.25) is 4.79 Å². The molecule has 3 rings (SSSR count). The van der Waals surface area contributed by atoms with Crippen molar-refractivity contribution < 1.29 is 4.79 Å². The van der Waals surface area contributed by atoms with Crippen LogP contribution in [-0.4, -0.2) is 19.5 Å². The van der Waals surface area contributed by atoms with Crippen molar-refractivity contribution >= 4 is 27.9 Å². The molecule has 0 atom stereocenters. The van der Waals surface area contributed by atoms with Crippen LogP contribution in [0, 0.1) is 11.3 Å². The van der Waals surface area contributed by atoms with E-state index in [1.165, 1.54) is 11.3 Å². The predicted molar refractivity (Wildman–Crippen MR) is 98.6 cm³/mol. The molecule has 5 heteroatoms. The van der Waals surface area contributed by atoms with Gasteiger partial charge in [-0.25, -0.2) is 0 Å². The van der Waals surface area contributed by atoms with Gasteiger partial charge in [0.25, 0.3) is 0 Å².